The summed E-state index contributed by atoms with van der Waals surface area (Å²) in [6.45, 7) is 6.71. The molecule has 2 amide bonds. The third-order valence-corrected chi connectivity index (χ3v) is 4.33. The maximum atomic E-state index is 11.3. The quantitative estimate of drug-likeness (QED) is 0.618. The van der Waals surface area contributed by atoms with E-state index in [1.165, 1.54) is 13.8 Å². The van der Waals surface area contributed by atoms with Gasteiger partial charge in [-0.05, 0) is 49.2 Å². The van der Waals surface area contributed by atoms with Crippen molar-refractivity contribution in [3.05, 3.63) is 47.2 Å². The molecule has 2 heterocycles. The van der Waals surface area contributed by atoms with Crippen LogP contribution in [-0.4, -0.2) is 16.8 Å². The number of nitrogens with zero attached hydrogens (tertiary/aromatic N) is 1. The highest BCUT2D eigenvalue weighted by molar-refractivity contribution is 5.92. The molecule has 29 heavy (non-hydrogen) atoms. The van der Waals surface area contributed by atoms with Gasteiger partial charge in [0.1, 0.15) is 5.52 Å². The summed E-state index contributed by atoms with van der Waals surface area (Å²) >= 11 is 0. The zero-order valence-electron chi connectivity index (χ0n) is 16.5. The van der Waals surface area contributed by atoms with E-state index < -0.39 is 0 Å². The van der Waals surface area contributed by atoms with Crippen molar-refractivity contribution in [2.45, 2.75) is 27.7 Å². The monoisotopic (exact) mass is 392 g/mol. The largest absolute Gasteiger partial charge is 0.438 e. The Balaban J connectivity index is 1.63. The molecule has 3 N–H and O–H groups in total. The zero-order valence-corrected chi connectivity index (χ0v) is 16.5. The van der Waals surface area contributed by atoms with Gasteiger partial charge in [-0.25, -0.2) is 4.98 Å². The van der Waals surface area contributed by atoms with Crippen LogP contribution in [-0.2, 0) is 9.59 Å². The first-order valence-corrected chi connectivity index (χ1v) is 9.06. The Kier molecular flexibility index (Phi) is 4.46. The van der Waals surface area contributed by atoms with E-state index >= 15 is 0 Å². The lowest BCUT2D eigenvalue weighted by Crippen LogP contribution is -2.05. The van der Waals surface area contributed by atoms with Gasteiger partial charge in [0.2, 0.25) is 23.6 Å². The molecule has 0 fully saturated rings. The molecule has 0 saturated heterocycles. The smallest absolute Gasteiger partial charge is 0.225 e. The van der Waals surface area contributed by atoms with E-state index in [2.05, 4.69) is 20.9 Å². The van der Waals surface area contributed by atoms with Crippen LogP contribution in [0.1, 0.15) is 30.9 Å². The van der Waals surface area contributed by atoms with Crippen LogP contribution in [0.2, 0.25) is 0 Å². The predicted molar refractivity (Wildman–Crippen MR) is 111 cm³/mol. The lowest BCUT2D eigenvalue weighted by molar-refractivity contribution is -0.115. The number of aromatic nitrogens is 1. The highest BCUT2D eigenvalue weighted by Gasteiger charge is 2.21. The minimum absolute atomic E-state index is 0.139. The molecule has 1 aromatic heterocycles. The Hall–Kier alpha value is -3.81. The number of ether oxygens (including phenoxy) is 1. The number of benzene rings is 2. The van der Waals surface area contributed by atoms with Crippen molar-refractivity contribution in [1.82, 2.24) is 4.98 Å². The minimum Gasteiger partial charge on any atom is -0.438 e. The van der Waals surface area contributed by atoms with Crippen molar-refractivity contribution in [2.75, 3.05) is 16.0 Å². The maximum absolute atomic E-state index is 11.3. The molecule has 0 aliphatic carbocycles. The lowest BCUT2D eigenvalue weighted by Gasteiger charge is -2.06. The summed E-state index contributed by atoms with van der Waals surface area (Å²) in [5.41, 5.74) is 5.14. The molecule has 3 aromatic rings. The van der Waals surface area contributed by atoms with E-state index in [9.17, 15) is 9.59 Å². The molecule has 0 bridgehead atoms. The van der Waals surface area contributed by atoms with Gasteiger partial charge < -0.3 is 25.1 Å². The van der Waals surface area contributed by atoms with Crippen molar-refractivity contribution in [1.29, 1.82) is 0 Å². The molecule has 8 heteroatoms. The molecule has 1 aliphatic heterocycles. The topological polar surface area (TPSA) is 105 Å². The zero-order chi connectivity index (χ0) is 20.7. The van der Waals surface area contributed by atoms with Crippen LogP contribution in [0.15, 0.2) is 34.6 Å². The Morgan fingerprint density at radius 2 is 1.66 bits per heavy atom. The number of hydrogen-bond donors (Lipinski definition) is 3. The van der Waals surface area contributed by atoms with Crippen molar-refractivity contribution < 1.29 is 18.7 Å². The normalized spacial score (nSPS) is 13.7. The SMILES string of the molecule is CC(=O)Nc1cc(C)c2c(c1)N/C(=C\c1nc3cc(NC(C)=O)cc(C)c3o1)O2. The van der Waals surface area contributed by atoms with Gasteiger partial charge >= 0.3 is 0 Å². The fourth-order valence-electron chi connectivity index (χ4n) is 3.28. The molecule has 148 valence electrons. The second-order valence-corrected chi connectivity index (χ2v) is 6.96. The lowest BCUT2D eigenvalue weighted by atomic mass is 10.1. The van der Waals surface area contributed by atoms with Gasteiger partial charge in [0, 0.05) is 25.2 Å². The number of carbonyl (C=O) groups excluding carboxylic acids is 2. The van der Waals surface area contributed by atoms with Crippen LogP contribution in [0, 0.1) is 13.8 Å². The van der Waals surface area contributed by atoms with Crippen molar-refractivity contribution in [2.24, 2.45) is 0 Å². The molecule has 2 aromatic carbocycles. The Morgan fingerprint density at radius 3 is 2.34 bits per heavy atom. The molecular weight excluding hydrogens is 372 g/mol. The first kappa shape index (κ1) is 18.5. The average Bonchev–Trinajstić information content (AvgIpc) is 3.18. The number of carbonyl (C=O) groups is 2. The van der Waals surface area contributed by atoms with Gasteiger partial charge in [0.25, 0.3) is 0 Å². The number of fused-ring (bicyclic) bond motifs is 2. The third kappa shape index (κ3) is 3.77. The van der Waals surface area contributed by atoms with Gasteiger partial charge in [0.05, 0.1) is 11.8 Å². The van der Waals surface area contributed by atoms with E-state index in [0.29, 0.717) is 40.0 Å². The number of anilines is 3. The second kappa shape index (κ2) is 6.97. The van der Waals surface area contributed by atoms with E-state index in [-0.39, 0.29) is 11.8 Å². The summed E-state index contributed by atoms with van der Waals surface area (Å²) in [5.74, 6) is 1.24. The molecule has 8 nitrogen and oxygen atoms in total. The highest BCUT2D eigenvalue weighted by atomic mass is 16.5. The third-order valence-electron chi connectivity index (χ3n) is 4.33. The molecule has 0 atom stereocenters. The van der Waals surface area contributed by atoms with Crippen LogP contribution in [0.4, 0.5) is 17.1 Å². The Labute approximate surface area is 166 Å². The number of amides is 2. The molecule has 0 unspecified atom stereocenters. The molecule has 1 aliphatic rings. The highest BCUT2D eigenvalue weighted by Crippen LogP contribution is 2.39. The van der Waals surface area contributed by atoms with Gasteiger partial charge in [-0.15, -0.1) is 0 Å². The molecular formula is C21H20N4O4. The van der Waals surface area contributed by atoms with Gasteiger partial charge in [-0.1, -0.05) is 0 Å². The predicted octanol–water partition coefficient (Wildman–Crippen LogP) is 4.16. The molecule has 0 radical (unpaired) electrons. The summed E-state index contributed by atoms with van der Waals surface area (Å²) < 4.78 is 11.7. The van der Waals surface area contributed by atoms with Crippen molar-refractivity contribution in [3.8, 4) is 5.75 Å². The molecule has 0 spiro atoms. The number of hydrogen-bond acceptors (Lipinski definition) is 6. The summed E-state index contributed by atoms with van der Waals surface area (Å²) in [6.07, 6.45) is 1.66. The van der Waals surface area contributed by atoms with Gasteiger partial charge in [-0.3, -0.25) is 9.59 Å². The second-order valence-electron chi connectivity index (χ2n) is 6.96. The van der Waals surface area contributed by atoms with E-state index in [0.717, 1.165) is 16.8 Å². The molecule has 0 saturated carbocycles. The van der Waals surface area contributed by atoms with E-state index in [1.54, 1.807) is 18.2 Å². The van der Waals surface area contributed by atoms with Gasteiger partial charge in [0.15, 0.2) is 11.3 Å². The fourth-order valence-corrected chi connectivity index (χ4v) is 3.28. The first-order valence-electron chi connectivity index (χ1n) is 9.06. The number of oxazole rings is 1. The standard InChI is InChI=1S/C21H20N4O4/c1-10-5-14(22-12(3)26)7-16-20(10)28-18(24-16)9-19-25-17-8-15(23-13(4)27)6-11(2)21(17)29-19/h5-9,24H,1-4H3,(H,22,26)(H,23,27)/b18-9+. The van der Waals surface area contributed by atoms with Crippen LogP contribution in [0.25, 0.3) is 17.2 Å². The van der Waals surface area contributed by atoms with E-state index in [1.807, 2.05) is 26.0 Å². The number of rotatable bonds is 3. The summed E-state index contributed by atoms with van der Waals surface area (Å²) in [5, 5.41) is 8.69. The average molecular weight is 392 g/mol. The van der Waals surface area contributed by atoms with Crippen LogP contribution in [0.3, 0.4) is 0 Å². The first-order chi connectivity index (χ1) is 13.8. The van der Waals surface area contributed by atoms with E-state index in [4.69, 9.17) is 9.15 Å². The Morgan fingerprint density at radius 1 is 1.00 bits per heavy atom. The minimum atomic E-state index is -0.148. The van der Waals surface area contributed by atoms with Crippen LogP contribution in [0.5, 0.6) is 5.75 Å². The van der Waals surface area contributed by atoms with Crippen LogP contribution < -0.4 is 20.7 Å². The fraction of sp³-hybridized carbons (Fsp3) is 0.190. The number of aryl methyl sites for hydroxylation is 2. The summed E-state index contributed by atoms with van der Waals surface area (Å²) in [7, 11) is 0. The van der Waals surface area contributed by atoms with Gasteiger partial charge in [-0.2, -0.15) is 0 Å². The summed E-state index contributed by atoms with van der Waals surface area (Å²) in [6, 6.07) is 7.24. The van der Waals surface area contributed by atoms with Crippen LogP contribution >= 0.6 is 0 Å². The maximum Gasteiger partial charge on any atom is 0.225 e. The molecule has 4 rings (SSSR count). The summed E-state index contributed by atoms with van der Waals surface area (Å²) in [4.78, 5) is 27.1. The van der Waals surface area contributed by atoms with Crippen molar-refractivity contribution in [3.63, 3.8) is 0 Å². The number of nitrogens with one attached hydrogen (secondary N) is 3. The van der Waals surface area contributed by atoms with Crippen molar-refractivity contribution >= 4 is 46.1 Å². The Bertz CT molecular complexity index is 1190.